The molecule has 0 radical (unpaired) electrons. The lowest BCUT2D eigenvalue weighted by Crippen LogP contribution is -2.57. The van der Waals surface area contributed by atoms with Crippen LogP contribution in [-0.4, -0.2) is 95.8 Å². The normalized spacial score (nSPS) is 27.2. The Morgan fingerprint density at radius 1 is 1.11 bits per heavy atom. The predicted octanol–water partition coefficient (Wildman–Crippen LogP) is 4.35. The number of hydrogen-bond donors (Lipinski definition) is 3. The molecule has 3 N–H and O–H groups in total. The van der Waals surface area contributed by atoms with E-state index in [2.05, 4.69) is 20.3 Å². The number of carbonyl (C=O) groups is 4. The minimum Gasteiger partial charge on any atom is -0.444 e. The Kier molecular flexibility index (Phi) is 10.5. The Balaban J connectivity index is 1.06. The molecule has 2 aromatic carbocycles. The molecule has 296 valence electrons. The average Bonchev–Trinajstić information content (AvgIpc) is 3.97. The molecular formula is C38H40ClFN6O8S2. The predicted molar refractivity (Wildman–Crippen MR) is 204 cm³/mol. The van der Waals surface area contributed by atoms with Gasteiger partial charge in [-0.15, -0.1) is 11.3 Å². The van der Waals surface area contributed by atoms with Crippen LogP contribution in [0.5, 0.6) is 0 Å². The standard InChI is InChI=1S/C38H40ClFN6O8S2/c39-29-6-1-4-23-18-45(20-28(23)29)37(50)54-26-16-32-33(47)43-38(35(49)44-56(51,52)27-12-13-27)17-24(38)5-2-14-53-15-3-7-30(34(48)46(32)19-26)41-36-42-31(21-55-36)22-8-10-25(40)11-9-22/h1-2,4-6,8-11,21,24,26-27,30,32H,3,7,12-20H2,(H,41,42)(H,43,47)(H,44,49)/b5-2-/t24-,26-,30+,32+,38-/m1/s1. The summed E-state index contributed by atoms with van der Waals surface area (Å²) in [6.07, 6.45) is 3.68. The zero-order valence-corrected chi connectivity index (χ0v) is 32.5. The number of ether oxygens (including phenoxy) is 2. The lowest BCUT2D eigenvalue weighted by Gasteiger charge is -2.29. The molecule has 3 aliphatic heterocycles. The van der Waals surface area contributed by atoms with Gasteiger partial charge in [0.05, 0.1) is 30.6 Å². The van der Waals surface area contributed by atoms with Gasteiger partial charge in [0.1, 0.15) is 29.5 Å². The summed E-state index contributed by atoms with van der Waals surface area (Å²) < 4.78 is 53.2. The maximum atomic E-state index is 14.6. The van der Waals surface area contributed by atoms with Gasteiger partial charge in [0.25, 0.3) is 5.91 Å². The third-order valence-electron chi connectivity index (χ3n) is 10.9. The molecule has 0 spiro atoms. The molecule has 3 aromatic rings. The van der Waals surface area contributed by atoms with Crippen LogP contribution in [0.2, 0.25) is 5.02 Å². The van der Waals surface area contributed by atoms with Gasteiger partial charge in [-0.1, -0.05) is 35.9 Å². The molecule has 2 saturated carbocycles. The fourth-order valence-electron chi connectivity index (χ4n) is 7.53. The molecular weight excluding hydrogens is 787 g/mol. The van der Waals surface area contributed by atoms with Crippen LogP contribution in [0.1, 0.15) is 49.7 Å². The van der Waals surface area contributed by atoms with Gasteiger partial charge < -0.3 is 25.0 Å². The summed E-state index contributed by atoms with van der Waals surface area (Å²) in [5.74, 6) is -2.88. The first-order chi connectivity index (χ1) is 26.9. The summed E-state index contributed by atoms with van der Waals surface area (Å²) in [7, 11) is -3.93. The minimum absolute atomic E-state index is 0.0643. The van der Waals surface area contributed by atoms with Crippen LogP contribution in [0.3, 0.4) is 0 Å². The van der Waals surface area contributed by atoms with Crippen molar-refractivity contribution < 1.29 is 41.5 Å². The Hall–Kier alpha value is -4.58. The van der Waals surface area contributed by atoms with E-state index in [4.69, 9.17) is 21.1 Å². The summed E-state index contributed by atoms with van der Waals surface area (Å²) in [5, 5.41) is 8.15. The minimum atomic E-state index is -3.93. The number of thiazole rings is 1. The van der Waals surface area contributed by atoms with Gasteiger partial charge in [0, 0.05) is 41.5 Å². The smallest absolute Gasteiger partial charge is 0.410 e. The van der Waals surface area contributed by atoms with Gasteiger partial charge in [-0.2, -0.15) is 0 Å². The van der Waals surface area contributed by atoms with Crippen molar-refractivity contribution in [3.63, 3.8) is 0 Å². The summed E-state index contributed by atoms with van der Waals surface area (Å²) >= 11 is 7.64. The first-order valence-corrected chi connectivity index (χ1v) is 21.3. The van der Waals surface area contributed by atoms with E-state index in [9.17, 15) is 32.0 Å². The van der Waals surface area contributed by atoms with Crippen LogP contribution >= 0.6 is 22.9 Å². The number of nitrogens with one attached hydrogen (secondary N) is 3. The number of hydrogen-bond acceptors (Lipinski definition) is 11. The van der Waals surface area contributed by atoms with Crippen LogP contribution in [-0.2, 0) is 47.0 Å². The first-order valence-electron chi connectivity index (χ1n) is 18.5. The van der Waals surface area contributed by atoms with Gasteiger partial charge in [0.15, 0.2) is 5.13 Å². The fourth-order valence-corrected chi connectivity index (χ4v) is 9.92. The lowest BCUT2D eigenvalue weighted by molar-refractivity contribution is -0.140. The van der Waals surface area contributed by atoms with E-state index in [1.165, 1.54) is 33.3 Å². The third-order valence-corrected chi connectivity index (χ3v) is 13.8. The number of anilines is 1. The van der Waals surface area contributed by atoms with E-state index >= 15 is 0 Å². The second kappa shape index (κ2) is 15.4. The van der Waals surface area contributed by atoms with Crippen LogP contribution in [0.15, 0.2) is 60.0 Å². The number of amides is 4. The zero-order chi connectivity index (χ0) is 39.2. The highest BCUT2D eigenvalue weighted by Gasteiger charge is 2.62. The molecule has 1 saturated heterocycles. The molecule has 1 aromatic heterocycles. The molecule has 5 atom stereocenters. The SMILES string of the molecule is O=C1N[C@]2(C(=O)NS(=O)(=O)C3CC3)C[C@H]2/C=C\COCCC[C@H](Nc2nc(-c3ccc(F)cc3)cs2)C(=O)N2C[C@H](OC(=O)N3Cc4cccc(Cl)c4C3)C[C@@H]12. The highest BCUT2D eigenvalue weighted by molar-refractivity contribution is 7.91. The average molecular weight is 827 g/mol. The Bertz CT molecular complexity index is 2180. The van der Waals surface area contributed by atoms with Crippen LogP contribution in [0.25, 0.3) is 11.3 Å². The highest BCUT2D eigenvalue weighted by Crippen LogP contribution is 2.46. The maximum absolute atomic E-state index is 14.6. The number of aromatic nitrogens is 1. The second-order valence-electron chi connectivity index (χ2n) is 14.8. The fraction of sp³-hybridized carbons (Fsp3) is 0.447. The lowest BCUT2D eigenvalue weighted by atomic mass is 10.1. The van der Waals surface area contributed by atoms with E-state index in [0.29, 0.717) is 53.7 Å². The van der Waals surface area contributed by atoms with Gasteiger partial charge in [-0.25, -0.2) is 22.6 Å². The van der Waals surface area contributed by atoms with E-state index in [0.717, 1.165) is 11.1 Å². The van der Waals surface area contributed by atoms with Crippen molar-refractivity contribution in [2.75, 3.05) is 25.1 Å². The van der Waals surface area contributed by atoms with E-state index in [1.54, 1.807) is 35.7 Å². The number of benzene rings is 2. The molecule has 2 aliphatic carbocycles. The summed E-state index contributed by atoms with van der Waals surface area (Å²) in [6.45, 7) is 0.916. The van der Waals surface area contributed by atoms with Crippen molar-refractivity contribution in [1.82, 2.24) is 24.8 Å². The van der Waals surface area contributed by atoms with E-state index in [1.807, 2.05) is 12.1 Å². The third kappa shape index (κ3) is 7.99. The zero-order valence-electron chi connectivity index (χ0n) is 30.1. The van der Waals surface area contributed by atoms with Gasteiger partial charge in [-0.05, 0) is 73.6 Å². The number of sulfonamides is 1. The quantitative estimate of drug-likeness (QED) is 0.291. The highest BCUT2D eigenvalue weighted by atomic mass is 35.5. The molecule has 4 amide bonds. The van der Waals surface area contributed by atoms with Gasteiger partial charge >= 0.3 is 6.09 Å². The summed E-state index contributed by atoms with van der Waals surface area (Å²) in [6, 6.07) is 9.28. The number of nitrogens with zero attached hydrogens (tertiary/aromatic N) is 3. The molecule has 4 heterocycles. The molecule has 8 rings (SSSR count). The van der Waals surface area contributed by atoms with Crippen molar-refractivity contribution >= 4 is 61.9 Å². The van der Waals surface area contributed by atoms with Crippen molar-refractivity contribution in [3.05, 3.63) is 82.0 Å². The maximum Gasteiger partial charge on any atom is 0.410 e. The molecule has 56 heavy (non-hydrogen) atoms. The molecule has 18 heteroatoms. The Morgan fingerprint density at radius 2 is 1.91 bits per heavy atom. The van der Waals surface area contributed by atoms with E-state index < -0.39 is 68.7 Å². The topological polar surface area (TPSA) is 176 Å². The first kappa shape index (κ1) is 38.3. The van der Waals surface area contributed by atoms with Crippen LogP contribution < -0.4 is 15.4 Å². The molecule has 5 aliphatic rings. The van der Waals surface area contributed by atoms with Crippen molar-refractivity contribution in [3.8, 4) is 11.3 Å². The largest absolute Gasteiger partial charge is 0.444 e. The summed E-state index contributed by atoms with van der Waals surface area (Å²) in [4.78, 5) is 63.7. The summed E-state index contributed by atoms with van der Waals surface area (Å²) in [5.41, 5.74) is 1.42. The van der Waals surface area contributed by atoms with Gasteiger partial charge in [-0.3, -0.25) is 24.0 Å². The molecule has 0 unspecified atom stereocenters. The number of fused-ring (bicyclic) bond motifs is 3. The van der Waals surface area contributed by atoms with Crippen LogP contribution in [0, 0.1) is 11.7 Å². The Labute approximate surface area is 331 Å². The number of carbonyl (C=O) groups excluding carboxylic acids is 4. The number of halogens is 2. The van der Waals surface area contributed by atoms with Crippen molar-refractivity contribution in [2.45, 2.75) is 80.6 Å². The van der Waals surface area contributed by atoms with Crippen LogP contribution in [0.4, 0.5) is 14.3 Å². The number of rotatable bonds is 7. The van der Waals surface area contributed by atoms with Crippen molar-refractivity contribution in [1.29, 1.82) is 0 Å². The van der Waals surface area contributed by atoms with Crippen molar-refractivity contribution in [2.24, 2.45) is 5.92 Å². The monoisotopic (exact) mass is 826 g/mol. The van der Waals surface area contributed by atoms with E-state index in [-0.39, 0.29) is 44.9 Å². The Morgan fingerprint density at radius 3 is 2.68 bits per heavy atom. The molecule has 0 bridgehead atoms. The van der Waals surface area contributed by atoms with Gasteiger partial charge in [0.2, 0.25) is 21.8 Å². The molecule has 14 nitrogen and oxygen atoms in total. The second-order valence-corrected chi connectivity index (χ2v) is 18.0. The molecule has 3 fully saturated rings.